The van der Waals surface area contributed by atoms with E-state index in [0.29, 0.717) is 23.2 Å². The highest BCUT2D eigenvalue weighted by molar-refractivity contribution is 5.65. The fourth-order valence-corrected chi connectivity index (χ4v) is 1.45. The molecule has 0 atom stereocenters. The minimum Gasteiger partial charge on any atom is -0.495 e. The molecule has 0 unspecified atom stereocenters. The first-order valence-electron chi connectivity index (χ1n) is 5.39. The molecule has 1 aromatic carbocycles. The van der Waals surface area contributed by atoms with Gasteiger partial charge in [-0.05, 0) is 18.2 Å². The molecule has 1 aromatic heterocycles. The van der Waals surface area contributed by atoms with E-state index in [4.69, 9.17) is 14.9 Å². The summed E-state index contributed by atoms with van der Waals surface area (Å²) in [4.78, 5) is 0. The lowest BCUT2D eigenvalue weighted by Crippen LogP contribution is -1.92. The van der Waals surface area contributed by atoms with Gasteiger partial charge in [-0.15, -0.1) is 10.2 Å². The maximum absolute atomic E-state index is 5.82. The molecule has 90 valence electrons. The molecular weight excluding hydrogens is 218 g/mol. The van der Waals surface area contributed by atoms with Gasteiger partial charge < -0.3 is 14.9 Å². The maximum Gasteiger partial charge on any atom is 0.247 e. The van der Waals surface area contributed by atoms with Crippen molar-refractivity contribution in [3.8, 4) is 17.2 Å². The minimum absolute atomic E-state index is 0.215. The molecule has 0 aliphatic heterocycles. The number of nitrogens with two attached hydrogens (primary N) is 1. The highest BCUT2D eigenvalue weighted by atomic mass is 16.5. The smallest absolute Gasteiger partial charge is 0.247 e. The molecule has 0 aliphatic rings. The summed E-state index contributed by atoms with van der Waals surface area (Å²) in [6, 6.07) is 5.38. The van der Waals surface area contributed by atoms with Gasteiger partial charge in [0.2, 0.25) is 11.8 Å². The third-order valence-electron chi connectivity index (χ3n) is 2.41. The Kier molecular flexibility index (Phi) is 2.99. The molecule has 0 amide bonds. The topological polar surface area (TPSA) is 74.2 Å². The third kappa shape index (κ3) is 2.22. The fraction of sp³-hybridized carbons (Fsp3) is 0.333. The molecule has 0 radical (unpaired) electrons. The number of nitrogen functional groups attached to an aromatic ring is 1. The predicted octanol–water partition coefficient (Wildman–Crippen LogP) is 2.45. The van der Waals surface area contributed by atoms with E-state index in [1.165, 1.54) is 0 Å². The molecule has 5 heteroatoms. The zero-order valence-electron chi connectivity index (χ0n) is 10.1. The highest BCUT2D eigenvalue weighted by Crippen LogP contribution is 2.28. The Morgan fingerprint density at radius 1 is 1.29 bits per heavy atom. The van der Waals surface area contributed by atoms with Crippen LogP contribution in [0.3, 0.4) is 0 Å². The summed E-state index contributed by atoms with van der Waals surface area (Å²) >= 11 is 0. The van der Waals surface area contributed by atoms with Crippen LogP contribution in [0.2, 0.25) is 0 Å². The number of nitrogens with zero attached hydrogens (tertiary/aromatic N) is 2. The van der Waals surface area contributed by atoms with Gasteiger partial charge in [0.1, 0.15) is 5.75 Å². The van der Waals surface area contributed by atoms with Gasteiger partial charge in [-0.3, -0.25) is 0 Å². The Labute approximate surface area is 99.6 Å². The number of rotatable bonds is 3. The lowest BCUT2D eigenvalue weighted by Gasteiger charge is -2.04. The average molecular weight is 233 g/mol. The van der Waals surface area contributed by atoms with Gasteiger partial charge in [0.15, 0.2) is 0 Å². The Hall–Kier alpha value is -2.04. The molecule has 0 spiro atoms. The number of anilines is 1. The normalized spacial score (nSPS) is 10.8. The van der Waals surface area contributed by atoms with Crippen molar-refractivity contribution in [3.63, 3.8) is 0 Å². The van der Waals surface area contributed by atoms with Crippen molar-refractivity contribution in [1.29, 1.82) is 0 Å². The quantitative estimate of drug-likeness (QED) is 0.824. The second-order valence-electron chi connectivity index (χ2n) is 4.06. The number of hydrogen-bond donors (Lipinski definition) is 1. The first-order chi connectivity index (χ1) is 8.11. The number of aromatic nitrogens is 2. The van der Waals surface area contributed by atoms with Gasteiger partial charge in [0, 0.05) is 11.5 Å². The lowest BCUT2D eigenvalue weighted by molar-refractivity contribution is 0.417. The molecule has 0 saturated heterocycles. The van der Waals surface area contributed by atoms with Gasteiger partial charge in [0.25, 0.3) is 0 Å². The van der Waals surface area contributed by atoms with Crippen LogP contribution in [-0.4, -0.2) is 17.3 Å². The molecule has 0 fully saturated rings. The van der Waals surface area contributed by atoms with Crippen LogP contribution in [0.25, 0.3) is 11.5 Å². The van der Waals surface area contributed by atoms with Gasteiger partial charge in [0.05, 0.1) is 12.8 Å². The van der Waals surface area contributed by atoms with Crippen LogP contribution in [0.15, 0.2) is 22.6 Å². The first-order valence-corrected chi connectivity index (χ1v) is 5.39. The Morgan fingerprint density at radius 2 is 2.06 bits per heavy atom. The van der Waals surface area contributed by atoms with Crippen molar-refractivity contribution in [2.45, 2.75) is 19.8 Å². The minimum atomic E-state index is 0.215. The Bertz CT molecular complexity index is 520. The summed E-state index contributed by atoms with van der Waals surface area (Å²) < 4.78 is 10.6. The summed E-state index contributed by atoms with van der Waals surface area (Å²) in [6.07, 6.45) is 0. The largest absolute Gasteiger partial charge is 0.495 e. The zero-order chi connectivity index (χ0) is 12.4. The van der Waals surface area contributed by atoms with Gasteiger partial charge in [-0.1, -0.05) is 13.8 Å². The number of methoxy groups -OCH3 is 1. The molecular formula is C12H15N3O2. The molecule has 2 N–H and O–H groups in total. The summed E-state index contributed by atoms with van der Waals surface area (Å²) in [6.45, 7) is 4.00. The van der Waals surface area contributed by atoms with Crippen LogP contribution in [0.1, 0.15) is 25.7 Å². The van der Waals surface area contributed by atoms with Crippen LogP contribution in [0.5, 0.6) is 5.75 Å². The number of hydrogen-bond acceptors (Lipinski definition) is 5. The molecule has 0 saturated carbocycles. The Morgan fingerprint density at radius 3 is 2.59 bits per heavy atom. The van der Waals surface area contributed by atoms with Crippen LogP contribution in [0, 0.1) is 0 Å². The highest BCUT2D eigenvalue weighted by Gasteiger charge is 2.12. The van der Waals surface area contributed by atoms with Crippen molar-refractivity contribution in [3.05, 3.63) is 24.1 Å². The molecule has 1 heterocycles. The summed E-state index contributed by atoms with van der Waals surface area (Å²) in [5, 5.41) is 7.97. The van der Waals surface area contributed by atoms with E-state index in [1.54, 1.807) is 19.2 Å². The van der Waals surface area contributed by atoms with E-state index in [1.807, 2.05) is 19.9 Å². The van der Waals surface area contributed by atoms with Crippen molar-refractivity contribution in [1.82, 2.24) is 10.2 Å². The number of ether oxygens (including phenoxy) is 1. The SMILES string of the molecule is COc1ccc(-c2nnc(C(C)C)o2)cc1N. The van der Waals surface area contributed by atoms with Gasteiger partial charge in [-0.2, -0.15) is 0 Å². The van der Waals surface area contributed by atoms with Crippen LogP contribution in [-0.2, 0) is 0 Å². The van der Waals surface area contributed by atoms with Gasteiger partial charge in [-0.25, -0.2) is 0 Å². The standard InChI is InChI=1S/C12H15N3O2/c1-7(2)11-14-15-12(17-11)8-4-5-10(16-3)9(13)6-8/h4-7H,13H2,1-3H3. The molecule has 5 nitrogen and oxygen atoms in total. The molecule has 17 heavy (non-hydrogen) atoms. The second kappa shape index (κ2) is 4.45. The van der Waals surface area contributed by atoms with E-state index in [9.17, 15) is 0 Å². The van der Waals surface area contributed by atoms with E-state index in [0.717, 1.165) is 5.56 Å². The maximum atomic E-state index is 5.82. The third-order valence-corrected chi connectivity index (χ3v) is 2.41. The van der Waals surface area contributed by atoms with Crippen LogP contribution in [0.4, 0.5) is 5.69 Å². The fourth-order valence-electron chi connectivity index (χ4n) is 1.45. The van der Waals surface area contributed by atoms with Crippen molar-refractivity contribution in [2.24, 2.45) is 0 Å². The van der Waals surface area contributed by atoms with Gasteiger partial charge >= 0.3 is 0 Å². The van der Waals surface area contributed by atoms with E-state index < -0.39 is 0 Å². The predicted molar refractivity (Wildman–Crippen MR) is 64.8 cm³/mol. The summed E-state index contributed by atoms with van der Waals surface area (Å²) in [7, 11) is 1.58. The monoisotopic (exact) mass is 233 g/mol. The zero-order valence-corrected chi connectivity index (χ0v) is 10.1. The van der Waals surface area contributed by atoms with E-state index in [2.05, 4.69) is 10.2 Å². The number of benzene rings is 1. The second-order valence-corrected chi connectivity index (χ2v) is 4.06. The van der Waals surface area contributed by atoms with Crippen LogP contribution >= 0.6 is 0 Å². The molecule has 2 aromatic rings. The summed E-state index contributed by atoms with van der Waals surface area (Å²) in [5.41, 5.74) is 7.17. The van der Waals surface area contributed by atoms with Crippen LogP contribution < -0.4 is 10.5 Å². The van der Waals surface area contributed by atoms with Crippen molar-refractivity contribution < 1.29 is 9.15 Å². The van der Waals surface area contributed by atoms with E-state index in [-0.39, 0.29) is 5.92 Å². The van der Waals surface area contributed by atoms with E-state index >= 15 is 0 Å². The summed E-state index contributed by atoms with van der Waals surface area (Å²) in [5.74, 6) is 1.95. The molecule has 0 bridgehead atoms. The molecule has 0 aliphatic carbocycles. The lowest BCUT2D eigenvalue weighted by atomic mass is 10.2. The first kappa shape index (κ1) is 11.4. The Balaban J connectivity index is 2.36. The van der Waals surface area contributed by atoms with Crippen molar-refractivity contribution >= 4 is 5.69 Å². The van der Waals surface area contributed by atoms with Crippen molar-refractivity contribution in [2.75, 3.05) is 12.8 Å². The average Bonchev–Trinajstić information content (AvgIpc) is 2.78. The molecule has 2 rings (SSSR count).